The highest BCUT2D eigenvalue weighted by atomic mass is 32.2. The largest absolute Gasteiger partial charge is 0.309 e. The zero-order chi connectivity index (χ0) is 19.3. The number of anilines is 1. The van der Waals surface area contributed by atoms with E-state index in [9.17, 15) is 9.59 Å². The SMILES string of the molecule is CCN(CC)CCN(C(=O)C=C1SCC(=O)N1C)c1c(C)cccc1C. The van der Waals surface area contributed by atoms with Crippen molar-refractivity contribution in [3.05, 3.63) is 40.4 Å². The number of para-hydroxylation sites is 1. The maximum atomic E-state index is 13.1. The van der Waals surface area contributed by atoms with Crippen molar-refractivity contribution in [3.8, 4) is 0 Å². The maximum Gasteiger partial charge on any atom is 0.253 e. The number of nitrogens with zero attached hydrogens (tertiary/aromatic N) is 3. The molecule has 2 rings (SSSR count). The van der Waals surface area contributed by atoms with Crippen LogP contribution in [0.2, 0.25) is 0 Å². The fraction of sp³-hybridized carbons (Fsp3) is 0.500. The van der Waals surface area contributed by atoms with E-state index in [1.54, 1.807) is 18.0 Å². The summed E-state index contributed by atoms with van der Waals surface area (Å²) < 4.78 is 0. The fourth-order valence-electron chi connectivity index (χ4n) is 3.12. The molecule has 0 atom stereocenters. The van der Waals surface area contributed by atoms with Crippen molar-refractivity contribution < 1.29 is 9.59 Å². The lowest BCUT2D eigenvalue weighted by Gasteiger charge is -2.28. The molecule has 1 fully saturated rings. The van der Waals surface area contributed by atoms with Gasteiger partial charge in [-0.15, -0.1) is 0 Å². The average Bonchev–Trinajstić information content (AvgIpc) is 2.92. The molecule has 5 nitrogen and oxygen atoms in total. The van der Waals surface area contributed by atoms with Gasteiger partial charge in [0, 0.05) is 31.9 Å². The number of amides is 2. The Morgan fingerprint density at radius 3 is 2.31 bits per heavy atom. The summed E-state index contributed by atoms with van der Waals surface area (Å²) in [6, 6.07) is 6.08. The first-order valence-electron chi connectivity index (χ1n) is 9.10. The van der Waals surface area contributed by atoms with Crippen molar-refractivity contribution in [2.75, 3.05) is 43.9 Å². The molecule has 0 aliphatic carbocycles. The number of likely N-dealkylation sites (N-methyl/N-ethyl adjacent to an activating group) is 1. The lowest BCUT2D eigenvalue weighted by atomic mass is 10.1. The number of aryl methyl sites for hydroxylation is 2. The number of benzene rings is 1. The van der Waals surface area contributed by atoms with Gasteiger partial charge in [0.15, 0.2) is 0 Å². The number of rotatable bonds is 7. The second-order valence-electron chi connectivity index (χ2n) is 6.48. The first-order chi connectivity index (χ1) is 12.4. The van der Waals surface area contributed by atoms with Gasteiger partial charge in [-0.25, -0.2) is 0 Å². The first-order valence-corrected chi connectivity index (χ1v) is 10.1. The minimum absolute atomic E-state index is 0.0378. The Kier molecular flexibility index (Phi) is 7.29. The molecule has 1 heterocycles. The second kappa shape index (κ2) is 9.24. The van der Waals surface area contributed by atoms with E-state index in [1.165, 1.54) is 11.8 Å². The molecule has 0 radical (unpaired) electrons. The normalized spacial score (nSPS) is 16.0. The summed E-state index contributed by atoms with van der Waals surface area (Å²) in [5.74, 6) is 0.368. The quantitative estimate of drug-likeness (QED) is 0.687. The Balaban J connectivity index is 2.32. The van der Waals surface area contributed by atoms with Crippen LogP contribution in [0.4, 0.5) is 5.69 Å². The molecule has 0 N–H and O–H groups in total. The van der Waals surface area contributed by atoms with Crippen LogP contribution in [0.3, 0.4) is 0 Å². The van der Waals surface area contributed by atoms with Crippen LogP contribution < -0.4 is 4.90 Å². The Bertz CT molecular complexity index is 678. The molecule has 142 valence electrons. The van der Waals surface area contributed by atoms with E-state index in [2.05, 4.69) is 18.7 Å². The lowest BCUT2D eigenvalue weighted by molar-refractivity contribution is -0.124. The minimum atomic E-state index is -0.0707. The van der Waals surface area contributed by atoms with Crippen molar-refractivity contribution in [1.82, 2.24) is 9.80 Å². The molecule has 1 aromatic carbocycles. The summed E-state index contributed by atoms with van der Waals surface area (Å²) in [6.45, 7) is 11.7. The standard InChI is InChI=1S/C20H29N3O2S/c1-6-22(7-2)11-12-23(20-15(3)9-8-10-16(20)4)17(24)13-19-21(5)18(25)14-26-19/h8-10,13H,6-7,11-12,14H2,1-5H3. The van der Waals surface area contributed by atoms with E-state index >= 15 is 0 Å². The van der Waals surface area contributed by atoms with Crippen LogP contribution in [0.15, 0.2) is 29.3 Å². The second-order valence-corrected chi connectivity index (χ2v) is 7.48. The average molecular weight is 376 g/mol. The van der Waals surface area contributed by atoms with Gasteiger partial charge in [-0.3, -0.25) is 9.59 Å². The van der Waals surface area contributed by atoms with Gasteiger partial charge in [-0.2, -0.15) is 0 Å². The van der Waals surface area contributed by atoms with Gasteiger partial charge in [0.25, 0.3) is 5.91 Å². The van der Waals surface area contributed by atoms with E-state index in [0.717, 1.165) is 41.5 Å². The zero-order valence-electron chi connectivity index (χ0n) is 16.4. The number of carbonyl (C=O) groups is 2. The van der Waals surface area contributed by atoms with Gasteiger partial charge in [0.2, 0.25) is 5.91 Å². The molecular weight excluding hydrogens is 346 g/mol. The van der Waals surface area contributed by atoms with Crippen LogP contribution >= 0.6 is 11.8 Å². The van der Waals surface area contributed by atoms with Gasteiger partial charge in [-0.1, -0.05) is 43.8 Å². The molecule has 1 aliphatic rings. The number of thioether (sulfide) groups is 1. The van der Waals surface area contributed by atoms with Gasteiger partial charge in [-0.05, 0) is 38.1 Å². The van der Waals surface area contributed by atoms with Gasteiger partial charge in [0.1, 0.15) is 0 Å². The number of hydrogen-bond acceptors (Lipinski definition) is 4. The van der Waals surface area contributed by atoms with E-state index in [-0.39, 0.29) is 11.8 Å². The molecule has 2 amide bonds. The molecule has 0 spiro atoms. The number of carbonyl (C=O) groups excluding carboxylic acids is 2. The van der Waals surface area contributed by atoms with Crippen LogP contribution in [0.1, 0.15) is 25.0 Å². The highest BCUT2D eigenvalue weighted by molar-refractivity contribution is 8.04. The first kappa shape index (κ1) is 20.5. The molecule has 1 aromatic rings. The van der Waals surface area contributed by atoms with E-state index in [0.29, 0.717) is 12.3 Å². The summed E-state index contributed by atoms with van der Waals surface area (Å²) in [6.07, 6.45) is 1.60. The highest BCUT2D eigenvalue weighted by Crippen LogP contribution is 2.29. The Labute approximate surface area is 161 Å². The van der Waals surface area contributed by atoms with E-state index in [4.69, 9.17) is 0 Å². The zero-order valence-corrected chi connectivity index (χ0v) is 17.2. The molecule has 0 unspecified atom stereocenters. The molecular formula is C20H29N3O2S. The predicted molar refractivity (Wildman–Crippen MR) is 109 cm³/mol. The third kappa shape index (κ3) is 4.68. The third-order valence-electron chi connectivity index (χ3n) is 4.80. The smallest absolute Gasteiger partial charge is 0.253 e. The summed E-state index contributed by atoms with van der Waals surface area (Å²) in [5, 5.41) is 0.721. The van der Waals surface area contributed by atoms with Crippen molar-refractivity contribution in [3.63, 3.8) is 0 Å². The summed E-state index contributed by atoms with van der Waals surface area (Å²) in [5.41, 5.74) is 3.14. The van der Waals surface area contributed by atoms with Gasteiger partial charge < -0.3 is 14.7 Å². The van der Waals surface area contributed by atoms with Crippen LogP contribution in [0.5, 0.6) is 0 Å². The summed E-state index contributed by atoms with van der Waals surface area (Å²) in [7, 11) is 1.72. The van der Waals surface area contributed by atoms with Crippen molar-refractivity contribution in [1.29, 1.82) is 0 Å². The number of hydrogen-bond donors (Lipinski definition) is 0. The minimum Gasteiger partial charge on any atom is -0.309 e. The van der Waals surface area contributed by atoms with Crippen LogP contribution in [0.25, 0.3) is 0 Å². The Morgan fingerprint density at radius 1 is 1.19 bits per heavy atom. The summed E-state index contributed by atoms with van der Waals surface area (Å²) >= 11 is 1.42. The molecule has 6 heteroatoms. The van der Waals surface area contributed by atoms with Gasteiger partial charge >= 0.3 is 0 Å². The molecule has 0 bridgehead atoms. The van der Waals surface area contributed by atoms with E-state index < -0.39 is 0 Å². The van der Waals surface area contributed by atoms with Crippen LogP contribution in [0, 0.1) is 13.8 Å². The van der Waals surface area contributed by atoms with Crippen molar-refractivity contribution in [2.45, 2.75) is 27.7 Å². The maximum absolute atomic E-state index is 13.1. The molecule has 26 heavy (non-hydrogen) atoms. The topological polar surface area (TPSA) is 43.9 Å². The molecule has 1 aliphatic heterocycles. The van der Waals surface area contributed by atoms with Crippen molar-refractivity contribution in [2.24, 2.45) is 0 Å². The monoisotopic (exact) mass is 375 g/mol. The van der Waals surface area contributed by atoms with Gasteiger partial charge in [0.05, 0.1) is 10.8 Å². The van der Waals surface area contributed by atoms with Crippen LogP contribution in [-0.2, 0) is 9.59 Å². The Hall–Kier alpha value is -1.79. The highest BCUT2D eigenvalue weighted by Gasteiger charge is 2.26. The Morgan fingerprint density at radius 2 is 1.81 bits per heavy atom. The van der Waals surface area contributed by atoms with E-state index in [1.807, 2.05) is 36.9 Å². The van der Waals surface area contributed by atoms with Crippen LogP contribution in [-0.4, -0.2) is 60.6 Å². The van der Waals surface area contributed by atoms with Crippen molar-refractivity contribution >= 4 is 29.3 Å². The fourth-order valence-corrected chi connectivity index (χ4v) is 4.06. The molecule has 0 saturated carbocycles. The molecule has 1 saturated heterocycles. The predicted octanol–water partition coefficient (Wildman–Crippen LogP) is 3.02. The third-order valence-corrected chi connectivity index (χ3v) is 5.88. The lowest BCUT2D eigenvalue weighted by Crippen LogP contribution is -2.39. The molecule has 0 aromatic heterocycles. The summed E-state index contributed by atoms with van der Waals surface area (Å²) in [4.78, 5) is 30.6.